The van der Waals surface area contributed by atoms with Crippen molar-refractivity contribution in [2.24, 2.45) is 5.92 Å². The lowest BCUT2D eigenvalue weighted by atomic mass is 9.90. The Morgan fingerprint density at radius 2 is 2.00 bits per heavy atom. The Morgan fingerprint density at radius 1 is 1.23 bits per heavy atom. The van der Waals surface area contributed by atoms with Gasteiger partial charge in [0, 0.05) is 12.6 Å². The van der Waals surface area contributed by atoms with Crippen molar-refractivity contribution >= 4 is 0 Å². The maximum absolute atomic E-state index is 12.1. The van der Waals surface area contributed by atoms with E-state index in [0.717, 1.165) is 25.7 Å². The molecule has 13 heavy (non-hydrogen) atoms. The Morgan fingerprint density at radius 3 is 2.62 bits per heavy atom. The number of alkyl halides is 3. The molecular formula is C9H14F3N. The quantitative estimate of drug-likeness (QED) is 0.618. The molecule has 1 aliphatic carbocycles. The molecule has 2 bridgehead atoms. The lowest BCUT2D eigenvalue weighted by molar-refractivity contribution is -0.147. The molecule has 0 aromatic heterocycles. The summed E-state index contributed by atoms with van der Waals surface area (Å²) in [5.41, 5.74) is 0. The van der Waals surface area contributed by atoms with Crippen LogP contribution in [0.5, 0.6) is 0 Å². The summed E-state index contributed by atoms with van der Waals surface area (Å²) in [4.78, 5) is 1.62. The molecular weight excluding hydrogens is 179 g/mol. The van der Waals surface area contributed by atoms with Gasteiger partial charge in [-0.15, -0.1) is 0 Å². The van der Waals surface area contributed by atoms with Gasteiger partial charge in [0.05, 0.1) is 6.54 Å². The van der Waals surface area contributed by atoms with Crippen molar-refractivity contribution < 1.29 is 13.2 Å². The van der Waals surface area contributed by atoms with Gasteiger partial charge in [-0.2, -0.15) is 13.2 Å². The molecule has 4 heteroatoms. The highest BCUT2D eigenvalue weighted by atomic mass is 19.4. The molecule has 2 unspecified atom stereocenters. The molecule has 1 nitrogen and oxygen atoms in total. The molecule has 1 saturated heterocycles. The molecule has 1 aliphatic heterocycles. The van der Waals surface area contributed by atoms with Gasteiger partial charge in [-0.05, 0) is 25.2 Å². The number of rotatable bonds is 1. The van der Waals surface area contributed by atoms with E-state index >= 15 is 0 Å². The monoisotopic (exact) mass is 193 g/mol. The Labute approximate surface area is 75.9 Å². The van der Waals surface area contributed by atoms with E-state index in [2.05, 4.69) is 0 Å². The topological polar surface area (TPSA) is 3.24 Å². The fraction of sp³-hybridized carbons (Fsp3) is 1.00. The van der Waals surface area contributed by atoms with Crippen molar-refractivity contribution in [2.75, 3.05) is 13.1 Å². The number of fused-ring (bicyclic) bond motifs is 2. The van der Waals surface area contributed by atoms with Crippen LogP contribution in [0.4, 0.5) is 13.2 Å². The van der Waals surface area contributed by atoms with Gasteiger partial charge in [0.1, 0.15) is 0 Å². The van der Waals surface area contributed by atoms with Crippen LogP contribution in [-0.4, -0.2) is 30.2 Å². The molecule has 0 aromatic carbocycles. The van der Waals surface area contributed by atoms with E-state index in [1.807, 2.05) is 0 Å². The Bertz CT molecular complexity index is 190. The van der Waals surface area contributed by atoms with Crippen molar-refractivity contribution in [3.63, 3.8) is 0 Å². The predicted molar refractivity (Wildman–Crippen MR) is 43.4 cm³/mol. The first-order valence-corrected chi connectivity index (χ1v) is 4.85. The Hall–Kier alpha value is -0.250. The van der Waals surface area contributed by atoms with Crippen LogP contribution in [0, 0.1) is 5.92 Å². The summed E-state index contributed by atoms with van der Waals surface area (Å²) in [6.45, 7) is -0.0294. The van der Waals surface area contributed by atoms with Crippen LogP contribution in [0.3, 0.4) is 0 Å². The average molecular weight is 193 g/mol. The first-order valence-electron chi connectivity index (χ1n) is 4.85. The third-order valence-corrected chi connectivity index (χ3v) is 3.15. The zero-order valence-corrected chi connectivity index (χ0v) is 7.48. The highest BCUT2D eigenvalue weighted by molar-refractivity contribution is 4.90. The van der Waals surface area contributed by atoms with Crippen LogP contribution >= 0.6 is 0 Å². The van der Waals surface area contributed by atoms with E-state index in [1.165, 1.54) is 0 Å². The first-order chi connectivity index (χ1) is 6.04. The van der Waals surface area contributed by atoms with Crippen molar-refractivity contribution in [1.82, 2.24) is 4.90 Å². The second-order valence-electron chi connectivity index (χ2n) is 4.23. The molecule has 0 radical (unpaired) electrons. The van der Waals surface area contributed by atoms with Crippen LogP contribution < -0.4 is 0 Å². The summed E-state index contributed by atoms with van der Waals surface area (Å²) in [5.74, 6) is 0.543. The van der Waals surface area contributed by atoms with E-state index in [9.17, 15) is 13.2 Å². The van der Waals surface area contributed by atoms with Crippen LogP contribution in [0.15, 0.2) is 0 Å². The van der Waals surface area contributed by atoms with Crippen molar-refractivity contribution in [3.05, 3.63) is 0 Å². The summed E-state index contributed by atoms with van der Waals surface area (Å²) in [6, 6.07) is 0.223. The number of hydrogen-bond donors (Lipinski definition) is 0. The number of halogens is 3. The van der Waals surface area contributed by atoms with Crippen LogP contribution in [-0.2, 0) is 0 Å². The molecule has 2 aliphatic rings. The largest absolute Gasteiger partial charge is 0.401 e. The Kier molecular flexibility index (Phi) is 2.26. The second kappa shape index (κ2) is 3.15. The molecule has 0 aromatic rings. The van der Waals surface area contributed by atoms with Crippen molar-refractivity contribution in [2.45, 2.75) is 37.9 Å². The van der Waals surface area contributed by atoms with E-state index in [-0.39, 0.29) is 6.04 Å². The van der Waals surface area contributed by atoms with Crippen LogP contribution in [0.25, 0.3) is 0 Å². The normalized spacial score (nSPS) is 35.3. The zero-order chi connectivity index (χ0) is 9.47. The predicted octanol–water partition coefficient (Wildman–Crippen LogP) is 2.42. The highest BCUT2D eigenvalue weighted by Crippen LogP contribution is 2.36. The third-order valence-electron chi connectivity index (χ3n) is 3.15. The molecule has 76 valence electrons. The van der Waals surface area contributed by atoms with Gasteiger partial charge in [0.15, 0.2) is 0 Å². The number of likely N-dealkylation sites (tertiary alicyclic amines) is 1. The van der Waals surface area contributed by atoms with E-state index in [4.69, 9.17) is 0 Å². The highest BCUT2D eigenvalue weighted by Gasteiger charge is 2.40. The first kappa shape index (κ1) is 9.31. The summed E-state index contributed by atoms with van der Waals surface area (Å²) in [6.07, 6.45) is 0.189. The van der Waals surface area contributed by atoms with Gasteiger partial charge >= 0.3 is 6.18 Å². The summed E-state index contributed by atoms with van der Waals surface area (Å²) in [5, 5.41) is 0. The third kappa shape index (κ3) is 2.16. The lowest BCUT2D eigenvalue weighted by Crippen LogP contribution is -2.37. The lowest BCUT2D eigenvalue weighted by Gasteiger charge is -2.25. The second-order valence-corrected chi connectivity index (χ2v) is 4.23. The number of hydrogen-bond acceptors (Lipinski definition) is 1. The summed E-state index contributed by atoms with van der Waals surface area (Å²) in [7, 11) is 0. The van der Waals surface area contributed by atoms with Gasteiger partial charge in [-0.3, -0.25) is 4.90 Å². The van der Waals surface area contributed by atoms with E-state index in [1.54, 1.807) is 4.90 Å². The minimum atomic E-state index is -4.02. The van der Waals surface area contributed by atoms with Gasteiger partial charge in [0.25, 0.3) is 0 Å². The SMILES string of the molecule is FC(F)(F)CN1CC2CCCC1C2. The van der Waals surface area contributed by atoms with Gasteiger partial charge in [-0.25, -0.2) is 0 Å². The summed E-state index contributed by atoms with van der Waals surface area (Å²) >= 11 is 0. The Balaban J connectivity index is 1.94. The standard InChI is InChI=1S/C9H14F3N/c10-9(11,12)6-13-5-7-2-1-3-8(13)4-7/h7-8H,1-6H2. The maximum Gasteiger partial charge on any atom is 0.401 e. The fourth-order valence-corrected chi connectivity index (χ4v) is 2.66. The minimum Gasteiger partial charge on any atom is -0.292 e. The van der Waals surface area contributed by atoms with Gasteiger partial charge in [0.2, 0.25) is 0 Å². The molecule has 0 spiro atoms. The molecule has 2 rings (SSSR count). The van der Waals surface area contributed by atoms with Gasteiger partial charge < -0.3 is 0 Å². The molecule has 0 N–H and O–H groups in total. The average Bonchev–Trinajstić information content (AvgIpc) is 2.24. The smallest absolute Gasteiger partial charge is 0.292 e. The van der Waals surface area contributed by atoms with Crippen LogP contribution in [0.2, 0.25) is 0 Å². The van der Waals surface area contributed by atoms with E-state index in [0.29, 0.717) is 12.5 Å². The maximum atomic E-state index is 12.1. The molecule has 0 amide bonds. The van der Waals surface area contributed by atoms with Crippen molar-refractivity contribution in [3.8, 4) is 0 Å². The summed E-state index contributed by atoms with van der Waals surface area (Å²) < 4.78 is 36.4. The molecule has 2 fully saturated rings. The molecule has 1 saturated carbocycles. The molecule has 1 heterocycles. The van der Waals surface area contributed by atoms with E-state index < -0.39 is 12.7 Å². The zero-order valence-electron chi connectivity index (χ0n) is 7.48. The van der Waals surface area contributed by atoms with Crippen molar-refractivity contribution in [1.29, 1.82) is 0 Å². The molecule has 2 atom stereocenters. The van der Waals surface area contributed by atoms with Crippen LogP contribution in [0.1, 0.15) is 25.7 Å². The number of nitrogens with zero attached hydrogens (tertiary/aromatic N) is 1. The fourth-order valence-electron chi connectivity index (χ4n) is 2.66. The minimum absolute atomic E-state index is 0.223. The van der Waals surface area contributed by atoms with Gasteiger partial charge in [-0.1, -0.05) is 6.42 Å².